The zero-order chi connectivity index (χ0) is 16.5. The molecule has 0 N–H and O–H groups in total. The quantitative estimate of drug-likeness (QED) is 0.501. The van der Waals surface area contributed by atoms with E-state index in [-0.39, 0.29) is 0 Å². The minimum Gasteiger partial charge on any atom is -0.237 e. The zero-order valence-electron chi connectivity index (χ0n) is 15.2. The lowest BCUT2D eigenvalue weighted by Crippen LogP contribution is -2.41. The SMILES string of the molecule is CCC1CCCCCCCC1(C1CCCCCCCC1)P(=O)=O. The molecular formula is C20H37O2P. The molecule has 0 amide bonds. The molecule has 2 aliphatic rings. The minimum absolute atomic E-state index is 0.390. The van der Waals surface area contributed by atoms with Gasteiger partial charge < -0.3 is 0 Å². The van der Waals surface area contributed by atoms with Gasteiger partial charge in [-0.2, -0.15) is 0 Å². The van der Waals surface area contributed by atoms with Crippen molar-refractivity contribution < 1.29 is 9.13 Å². The van der Waals surface area contributed by atoms with Gasteiger partial charge in [0.05, 0.1) is 5.16 Å². The lowest BCUT2D eigenvalue weighted by atomic mass is 9.71. The normalized spacial score (nSPS) is 32.7. The van der Waals surface area contributed by atoms with Gasteiger partial charge in [0.15, 0.2) is 0 Å². The Bertz CT molecular complexity index is 386. The van der Waals surface area contributed by atoms with Crippen molar-refractivity contribution >= 4 is 7.68 Å². The summed E-state index contributed by atoms with van der Waals surface area (Å²) < 4.78 is 25.3. The summed E-state index contributed by atoms with van der Waals surface area (Å²) in [5.41, 5.74) is 0. The Morgan fingerprint density at radius 1 is 0.739 bits per heavy atom. The molecule has 0 aromatic heterocycles. The predicted molar refractivity (Wildman–Crippen MR) is 97.6 cm³/mol. The van der Waals surface area contributed by atoms with Crippen molar-refractivity contribution in [2.75, 3.05) is 0 Å². The predicted octanol–water partition coefficient (Wildman–Crippen LogP) is 7.42. The molecule has 2 atom stereocenters. The fourth-order valence-electron chi connectivity index (χ4n) is 5.40. The zero-order valence-corrected chi connectivity index (χ0v) is 16.1. The van der Waals surface area contributed by atoms with E-state index >= 15 is 0 Å². The van der Waals surface area contributed by atoms with Crippen molar-refractivity contribution in [1.29, 1.82) is 0 Å². The van der Waals surface area contributed by atoms with Crippen LogP contribution < -0.4 is 0 Å². The molecule has 0 aromatic carbocycles. The molecule has 2 fully saturated rings. The molecule has 0 radical (unpaired) electrons. The highest BCUT2D eigenvalue weighted by molar-refractivity contribution is 7.33. The molecule has 0 aliphatic heterocycles. The van der Waals surface area contributed by atoms with Gasteiger partial charge in [-0.3, -0.25) is 0 Å². The van der Waals surface area contributed by atoms with Crippen LogP contribution in [-0.4, -0.2) is 5.16 Å². The average molecular weight is 340 g/mol. The Morgan fingerprint density at radius 2 is 1.22 bits per heavy atom. The van der Waals surface area contributed by atoms with Gasteiger partial charge in [0.1, 0.15) is 0 Å². The fraction of sp³-hybridized carbons (Fsp3) is 1.00. The van der Waals surface area contributed by atoms with Crippen molar-refractivity contribution in [2.45, 2.75) is 115 Å². The van der Waals surface area contributed by atoms with Crippen LogP contribution in [0.5, 0.6) is 0 Å². The highest BCUT2D eigenvalue weighted by Crippen LogP contribution is 2.53. The summed E-state index contributed by atoms with van der Waals surface area (Å²) in [4.78, 5) is 0. The van der Waals surface area contributed by atoms with Gasteiger partial charge in [-0.05, 0) is 37.5 Å². The molecule has 0 saturated heterocycles. The van der Waals surface area contributed by atoms with E-state index in [1.54, 1.807) is 0 Å². The number of hydrogen-bond donors (Lipinski definition) is 0. The maximum Gasteiger partial charge on any atom is 0.322 e. The molecule has 2 saturated carbocycles. The first kappa shape index (κ1) is 19.2. The number of rotatable bonds is 3. The Balaban J connectivity index is 2.30. The van der Waals surface area contributed by atoms with Gasteiger partial charge in [0.2, 0.25) is 0 Å². The molecule has 0 bridgehead atoms. The van der Waals surface area contributed by atoms with Crippen LogP contribution in [0, 0.1) is 11.8 Å². The van der Waals surface area contributed by atoms with Crippen molar-refractivity contribution in [3.8, 4) is 0 Å². The van der Waals surface area contributed by atoms with Crippen LogP contribution >= 0.6 is 7.68 Å². The van der Waals surface area contributed by atoms with Gasteiger partial charge in [-0.25, -0.2) is 9.13 Å². The Labute approximate surface area is 144 Å². The summed E-state index contributed by atoms with van der Waals surface area (Å²) in [6.45, 7) is 2.23. The summed E-state index contributed by atoms with van der Waals surface area (Å²) in [5, 5.41) is -0.390. The van der Waals surface area contributed by atoms with Crippen molar-refractivity contribution in [1.82, 2.24) is 0 Å². The van der Waals surface area contributed by atoms with Crippen LogP contribution in [0.2, 0.25) is 0 Å². The van der Waals surface area contributed by atoms with Gasteiger partial charge in [0, 0.05) is 0 Å². The van der Waals surface area contributed by atoms with Gasteiger partial charge in [0.25, 0.3) is 0 Å². The summed E-state index contributed by atoms with van der Waals surface area (Å²) in [7, 11) is -2.34. The monoisotopic (exact) mass is 340 g/mol. The highest BCUT2D eigenvalue weighted by Gasteiger charge is 2.48. The third-order valence-corrected chi connectivity index (χ3v) is 8.37. The molecule has 23 heavy (non-hydrogen) atoms. The van der Waals surface area contributed by atoms with E-state index in [2.05, 4.69) is 6.92 Å². The Morgan fingerprint density at radius 3 is 1.74 bits per heavy atom. The van der Waals surface area contributed by atoms with E-state index in [0.717, 1.165) is 38.5 Å². The van der Waals surface area contributed by atoms with Crippen LogP contribution in [0.25, 0.3) is 0 Å². The van der Waals surface area contributed by atoms with E-state index in [1.165, 1.54) is 64.2 Å². The molecule has 3 heteroatoms. The van der Waals surface area contributed by atoms with E-state index in [1.807, 2.05) is 0 Å². The smallest absolute Gasteiger partial charge is 0.237 e. The molecule has 0 aromatic rings. The third-order valence-electron chi connectivity index (χ3n) is 6.73. The molecule has 134 valence electrons. The second-order valence-electron chi connectivity index (χ2n) is 8.06. The van der Waals surface area contributed by atoms with Crippen LogP contribution in [0.4, 0.5) is 0 Å². The van der Waals surface area contributed by atoms with Crippen LogP contribution in [0.1, 0.15) is 110 Å². The van der Waals surface area contributed by atoms with Crippen molar-refractivity contribution in [2.24, 2.45) is 11.8 Å². The molecule has 2 nitrogen and oxygen atoms in total. The first-order chi connectivity index (χ1) is 11.2. The first-order valence-electron chi connectivity index (χ1n) is 10.4. The maximum absolute atomic E-state index is 12.6. The molecule has 0 spiro atoms. The van der Waals surface area contributed by atoms with Crippen LogP contribution in [0.15, 0.2) is 0 Å². The molecule has 2 unspecified atom stereocenters. The van der Waals surface area contributed by atoms with Crippen molar-refractivity contribution in [3.63, 3.8) is 0 Å². The van der Waals surface area contributed by atoms with Gasteiger partial charge >= 0.3 is 7.68 Å². The maximum atomic E-state index is 12.6. The summed E-state index contributed by atoms with van der Waals surface area (Å²) >= 11 is 0. The summed E-state index contributed by atoms with van der Waals surface area (Å²) in [5.74, 6) is 0.817. The second kappa shape index (κ2) is 10.0. The topological polar surface area (TPSA) is 34.1 Å². The Hall–Kier alpha value is -0.100. The molecule has 0 heterocycles. The summed E-state index contributed by atoms with van der Waals surface area (Å²) in [6.07, 6.45) is 19.4. The highest BCUT2D eigenvalue weighted by atomic mass is 31.1. The van der Waals surface area contributed by atoms with E-state index in [4.69, 9.17) is 0 Å². The average Bonchev–Trinajstić information content (AvgIpc) is 2.74. The summed E-state index contributed by atoms with van der Waals surface area (Å²) in [6, 6.07) is 0. The fourth-order valence-corrected chi connectivity index (χ4v) is 6.91. The van der Waals surface area contributed by atoms with E-state index in [9.17, 15) is 9.13 Å². The third kappa shape index (κ3) is 4.94. The van der Waals surface area contributed by atoms with E-state index < -0.39 is 12.8 Å². The Kier molecular flexibility index (Phi) is 8.38. The van der Waals surface area contributed by atoms with Gasteiger partial charge in [-0.15, -0.1) is 0 Å². The van der Waals surface area contributed by atoms with E-state index in [0.29, 0.717) is 11.8 Å². The van der Waals surface area contributed by atoms with Crippen LogP contribution in [-0.2, 0) is 9.13 Å². The second-order valence-corrected chi connectivity index (χ2v) is 9.40. The minimum atomic E-state index is -2.34. The first-order valence-corrected chi connectivity index (χ1v) is 11.5. The largest absolute Gasteiger partial charge is 0.322 e. The van der Waals surface area contributed by atoms with Crippen molar-refractivity contribution in [3.05, 3.63) is 0 Å². The molecule has 2 rings (SSSR count). The lowest BCUT2D eigenvalue weighted by molar-refractivity contribution is 0.190. The lowest BCUT2D eigenvalue weighted by Gasteiger charge is -2.41. The molecular weight excluding hydrogens is 303 g/mol. The van der Waals surface area contributed by atoms with Crippen LogP contribution in [0.3, 0.4) is 0 Å². The van der Waals surface area contributed by atoms with Gasteiger partial charge in [-0.1, -0.05) is 84.0 Å². The number of hydrogen-bond acceptors (Lipinski definition) is 2. The standard InChI is InChI=1S/C20H37O2P/c1-2-18-14-10-8-5-9-13-17-20(18,23(21)22)19-15-11-6-3-4-7-12-16-19/h18-19H,2-17H2,1H3. The molecule has 2 aliphatic carbocycles.